The second-order valence-corrected chi connectivity index (χ2v) is 3.79. The van der Waals surface area contributed by atoms with Crippen molar-refractivity contribution in [2.45, 2.75) is 32.2 Å². The normalized spacial score (nSPS) is 16.9. The molecule has 1 aliphatic rings. The highest BCUT2D eigenvalue weighted by Crippen LogP contribution is 2.32. The molecule has 1 fully saturated rings. The molecule has 0 aromatic heterocycles. The molecule has 1 aliphatic carbocycles. The quantitative estimate of drug-likeness (QED) is 0.600. The largest absolute Gasteiger partial charge is 0.465 e. The van der Waals surface area contributed by atoms with Gasteiger partial charge in [-0.3, -0.25) is 9.59 Å². The first-order valence-corrected chi connectivity index (χ1v) is 5.31. The van der Waals surface area contributed by atoms with Gasteiger partial charge in [-0.05, 0) is 25.7 Å². The van der Waals surface area contributed by atoms with E-state index in [9.17, 15) is 9.59 Å². The van der Waals surface area contributed by atoms with Gasteiger partial charge in [-0.15, -0.1) is 0 Å². The summed E-state index contributed by atoms with van der Waals surface area (Å²) in [6, 6.07) is -0.0628. The Hall–Kier alpha value is -1.10. The van der Waals surface area contributed by atoms with Gasteiger partial charge in [-0.1, -0.05) is 0 Å². The third-order valence-corrected chi connectivity index (χ3v) is 2.38. The van der Waals surface area contributed by atoms with Crippen LogP contribution >= 0.6 is 0 Å². The number of carbonyl (C=O) groups excluding carboxylic acids is 2. The maximum absolute atomic E-state index is 11.3. The van der Waals surface area contributed by atoms with E-state index in [1.54, 1.807) is 6.92 Å². The van der Waals surface area contributed by atoms with Crippen LogP contribution in [0.2, 0.25) is 0 Å². The molecule has 0 radical (unpaired) electrons. The van der Waals surface area contributed by atoms with Crippen molar-refractivity contribution in [2.75, 3.05) is 13.2 Å². The molecular weight excluding hydrogens is 196 g/mol. The van der Waals surface area contributed by atoms with E-state index in [-0.39, 0.29) is 18.5 Å². The highest BCUT2D eigenvalue weighted by Gasteiger charge is 2.29. The lowest BCUT2D eigenvalue weighted by Crippen LogP contribution is -2.36. The van der Waals surface area contributed by atoms with Gasteiger partial charge in [0.1, 0.15) is 6.54 Å². The zero-order chi connectivity index (χ0) is 11.3. The van der Waals surface area contributed by atoms with Crippen molar-refractivity contribution >= 4 is 11.9 Å². The summed E-state index contributed by atoms with van der Waals surface area (Å²) >= 11 is 0. The van der Waals surface area contributed by atoms with Crippen LogP contribution < -0.4 is 11.1 Å². The van der Waals surface area contributed by atoms with Crippen molar-refractivity contribution in [3.05, 3.63) is 0 Å². The molecule has 0 heterocycles. The minimum absolute atomic E-state index is 0.0628. The fourth-order valence-corrected chi connectivity index (χ4v) is 1.36. The Morgan fingerprint density at radius 2 is 2.20 bits per heavy atom. The zero-order valence-electron chi connectivity index (χ0n) is 8.99. The summed E-state index contributed by atoms with van der Waals surface area (Å²) in [5.41, 5.74) is 5.77. The standard InChI is InChI=1S/C10H18N2O3/c1-2-15-10(14)6-12-9(13)5-8(11)7-3-4-7/h7-8H,2-6,11H2,1H3,(H,12,13). The van der Waals surface area contributed by atoms with Crippen LogP contribution in [0.3, 0.4) is 0 Å². The van der Waals surface area contributed by atoms with Crippen molar-refractivity contribution in [2.24, 2.45) is 11.7 Å². The van der Waals surface area contributed by atoms with Gasteiger partial charge < -0.3 is 15.8 Å². The number of nitrogens with two attached hydrogens (primary N) is 1. The van der Waals surface area contributed by atoms with Crippen LogP contribution in [0, 0.1) is 5.92 Å². The average molecular weight is 214 g/mol. The van der Waals surface area contributed by atoms with E-state index in [0.717, 1.165) is 12.8 Å². The lowest BCUT2D eigenvalue weighted by atomic mass is 10.1. The van der Waals surface area contributed by atoms with Crippen LogP contribution in [0.5, 0.6) is 0 Å². The Morgan fingerprint density at radius 1 is 1.53 bits per heavy atom. The van der Waals surface area contributed by atoms with E-state index in [1.165, 1.54) is 0 Å². The molecule has 5 heteroatoms. The van der Waals surface area contributed by atoms with E-state index in [4.69, 9.17) is 5.73 Å². The summed E-state index contributed by atoms with van der Waals surface area (Å²) in [5.74, 6) is -0.0911. The lowest BCUT2D eigenvalue weighted by molar-refractivity contribution is -0.143. The summed E-state index contributed by atoms with van der Waals surface area (Å²) in [6.45, 7) is 1.99. The Kier molecular flexibility index (Phi) is 4.55. The summed E-state index contributed by atoms with van der Waals surface area (Å²) in [6.07, 6.45) is 2.53. The minimum Gasteiger partial charge on any atom is -0.465 e. The molecular formula is C10H18N2O3. The summed E-state index contributed by atoms with van der Waals surface area (Å²) in [5, 5.41) is 2.49. The summed E-state index contributed by atoms with van der Waals surface area (Å²) < 4.78 is 4.67. The smallest absolute Gasteiger partial charge is 0.325 e. The molecule has 0 aromatic rings. The second-order valence-electron chi connectivity index (χ2n) is 3.79. The first-order chi connectivity index (χ1) is 7.13. The Balaban J connectivity index is 2.09. The van der Waals surface area contributed by atoms with Crippen molar-refractivity contribution in [3.8, 4) is 0 Å². The molecule has 0 aliphatic heterocycles. The van der Waals surface area contributed by atoms with Gasteiger partial charge in [0.05, 0.1) is 6.61 Å². The summed E-state index contributed by atoms with van der Waals surface area (Å²) in [4.78, 5) is 22.2. The SMILES string of the molecule is CCOC(=O)CNC(=O)CC(N)C1CC1. The van der Waals surface area contributed by atoms with Crippen LogP contribution in [0.15, 0.2) is 0 Å². The predicted octanol–water partition coefficient (Wildman–Crippen LogP) is -0.207. The molecule has 1 amide bonds. The van der Waals surface area contributed by atoms with Gasteiger partial charge in [-0.2, -0.15) is 0 Å². The highest BCUT2D eigenvalue weighted by atomic mass is 16.5. The average Bonchev–Trinajstić information content (AvgIpc) is 2.98. The number of nitrogens with one attached hydrogen (secondary N) is 1. The topological polar surface area (TPSA) is 81.4 Å². The number of hydrogen-bond acceptors (Lipinski definition) is 4. The van der Waals surface area contributed by atoms with Gasteiger partial charge in [0, 0.05) is 12.5 Å². The monoisotopic (exact) mass is 214 g/mol. The first kappa shape index (κ1) is 12.0. The number of esters is 1. The van der Waals surface area contributed by atoms with Gasteiger partial charge in [0.2, 0.25) is 5.91 Å². The van der Waals surface area contributed by atoms with Gasteiger partial charge in [0.25, 0.3) is 0 Å². The van der Waals surface area contributed by atoms with E-state index in [1.807, 2.05) is 0 Å². The number of amides is 1. The van der Waals surface area contributed by atoms with Crippen LogP contribution in [0.25, 0.3) is 0 Å². The van der Waals surface area contributed by atoms with Crippen molar-refractivity contribution in [3.63, 3.8) is 0 Å². The number of rotatable bonds is 6. The summed E-state index contributed by atoms with van der Waals surface area (Å²) in [7, 11) is 0. The van der Waals surface area contributed by atoms with E-state index >= 15 is 0 Å². The molecule has 0 bridgehead atoms. The van der Waals surface area contributed by atoms with E-state index < -0.39 is 5.97 Å². The van der Waals surface area contributed by atoms with Crippen molar-refractivity contribution in [1.82, 2.24) is 5.32 Å². The predicted molar refractivity (Wildman–Crippen MR) is 55.0 cm³/mol. The van der Waals surface area contributed by atoms with Gasteiger partial charge >= 0.3 is 5.97 Å². The Labute approximate surface area is 89.3 Å². The van der Waals surface area contributed by atoms with Crippen molar-refractivity contribution < 1.29 is 14.3 Å². The lowest BCUT2D eigenvalue weighted by Gasteiger charge is -2.09. The van der Waals surface area contributed by atoms with Crippen LogP contribution in [0.1, 0.15) is 26.2 Å². The van der Waals surface area contributed by atoms with Crippen LogP contribution in [0.4, 0.5) is 0 Å². The van der Waals surface area contributed by atoms with Crippen LogP contribution in [-0.4, -0.2) is 31.1 Å². The van der Waals surface area contributed by atoms with Gasteiger partial charge in [-0.25, -0.2) is 0 Å². The van der Waals surface area contributed by atoms with E-state index in [2.05, 4.69) is 10.1 Å². The highest BCUT2D eigenvalue weighted by molar-refractivity contribution is 5.82. The van der Waals surface area contributed by atoms with Crippen molar-refractivity contribution in [1.29, 1.82) is 0 Å². The molecule has 3 N–H and O–H groups in total. The van der Waals surface area contributed by atoms with Crippen LogP contribution in [-0.2, 0) is 14.3 Å². The number of ether oxygens (including phenoxy) is 1. The molecule has 1 unspecified atom stereocenters. The molecule has 15 heavy (non-hydrogen) atoms. The fourth-order valence-electron chi connectivity index (χ4n) is 1.36. The molecule has 0 spiro atoms. The fraction of sp³-hybridized carbons (Fsp3) is 0.800. The molecule has 0 saturated heterocycles. The molecule has 1 saturated carbocycles. The Morgan fingerprint density at radius 3 is 2.73 bits per heavy atom. The second kappa shape index (κ2) is 5.70. The molecule has 0 aromatic carbocycles. The molecule has 1 rings (SSSR count). The zero-order valence-corrected chi connectivity index (χ0v) is 8.99. The van der Waals surface area contributed by atoms with Gasteiger partial charge in [0.15, 0.2) is 0 Å². The maximum Gasteiger partial charge on any atom is 0.325 e. The first-order valence-electron chi connectivity index (χ1n) is 5.31. The Bertz CT molecular complexity index is 239. The molecule has 5 nitrogen and oxygen atoms in total. The van der Waals surface area contributed by atoms with E-state index in [0.29, 0.717) is 18.9 Å². The maximum atomic E-state index is 11.3. The molecule has 1 atom stereocenters. The molecule has 86 valence electrons. The number of carbonyl (C=O) groups is 2. The number of hydrogen-bond donors (Lipinski definition) is 2. The minimum atomic E-state index is -0.411. The third-order valence-electron chi connectivity index (χ3n) is 2.38. The third kappa shape index (κ3) is 4.78.